The Morgan fingerprint density at radius 1 is 1.40 bits per heavy atom. The molecule has 0 radical (unpaired) electrons. The van der Waals surface area contributed by atoms with Gasteiger partial charge in [-0.2, -0.15) is 9.37 Å². The molecule has 0 aliphatic rings. The van der Waals surface area contributed by atoms with Crippen LogP contribution in [-0.2, 0) is 4.74 Å². The summed E-state index contributed by atoms with van der Waals surface area (Å²) in [5.41, 5.74) is 0.138. The van der Waals surface area contributed by atoms with Crippen molar-refractivity contribution in [2.24, 2.45) is 10.2 Å². The zero-order chi connectivity index (χ0) is 14.5. The second kappa shape index (κ2) is 6.38. The zero-order valence-corrected chi connectivity index (χ0v) is 12.0. The number of carbonyl (C=O) groups excluding carboxylic acids is 1. The number of hydrogen-bond acceptors (Lipinski definition) is 5. The number of esters is 1. The number of imidazole rings is 1. The van der Waals surface area contributed by atoms with E-state index >= 15 is 0 Å². The number of H-pyrrole nitrogens is 1. The van der Waals surface area contributed by atoms with E-state index in [9.17, 15) is 9.18 Å². The Balaban J connectivity index is 2.16. The first-order valence-electron chi connectivity index (χ1n) is 5.70. The molecule has 6 nitrogen and oxygen atoms in total. The van der Waals surface area contributed by atoms with Crippen LogP contribution in [-0.4, -0.2) is 22.5 Å². The maximum atomic E-state index is 13.4. The Kier molecular flexibility index (Phi) is 4.57. The lowest BCUT2D eigenvalue weighted by Crippen LogP contribution is -2.06. The Labute approximate surface area is 122 Å². The molecule has 1 N–H and O–H groups in total. The van der Waals surface area contributed by atoms with Crippen LogP contribution < -0.4 is 0 Å². The number of nitrogens with zero attached hydrogens (tertiary/aromatic N) is 3. The third kappa shape index (κ3) is 3.47. The number of nitrogens with one attached hydrogen (secondary N) is 1. The zero-order valence-electron chi connectivity index (χ0n) is 10.4. The van der Waals surface area contributed by atoms with E-state index in [2.05, 4.69) is 40.9 Å². The minimum absolute atomic E-state index is 0.103. The van der Waals surface area contributed by atoms with Crippen molar-refractivity contribution in [2.45, 2.75) is 6.92 Å². The van der Waals surface area contributed by atoms with Crippen molar-refractivity contribution in [1.82, 2.24) is 9.97 Å². The lowest BCUT2D eigenvalue weighted by molar-refractivity contribution is 0.0514. The van der Waals surface area contributed by atoms with Crippen molar-refractivity contribution in [3.05, 3.63) is 40.4 Å². The first-order chi connectivity index (χ1) is 9.60. The van der Waals surface area contributed by atoms with Crippen molar-refractivity contribution in [1.29, 1.82) is 0 Å². The highest BCUT2D eigenvalue weighted by atomic mass is 79.9. The Morgan fingerprint density at radius 3 is 2.75 bits per heavy atom. The van der Waals surface area contributed by atoms with Crippen molar-refractivity contribution in [2.75, 3.05) is 6.61 Å². The molecule has 0 spiro atoms. The summed E-state index contributed by atoms with van der Waals surface area (Å²) in [6.07, 6.45) is 0. The van der Waals surface area contributed by atoms with Crippen LogP contribution in [0.1, 0.15) is 17.4 Å². The largest absolute Gasteiger partial charge is 0.461 e. The van der Waals surface area contributed by atoms with Gasteiger partial charge >= 0.3 is 5.97 Å². The molecule has 0 amide bonds. The molecule has 1 aromatic heterocycles. The van der Waals surface area contributed by atoms with E-state index in [0.29, 0.717) is 5.69 Å². The van der Waals surface area contributed by atoms with E-state index in [-0.39, 0.29) is 12.6 Å². The number of carbonyl (C=O) groups is 1. The second-order valence-corrected chi connectivity index (χ2v) is 4.54. The van der Waals surface area contributed by atoms with Crippen LogP contribution in [0.25, 0.3) is 0 Å². The van der Waals surface area contributed by atoms with Crippen molar-refractivity contribution < 1.29 is 13.9 Å². The third-order valence-electron chi connectivity index (χ3n) is 2.20. The van der Waals surface area contributed by atoms with Crippen LogP contribution in [0.4, 0.5) is 16.0 Å². The van der Waals surface area contributed by atoms with Crippen molar-refractivity contribution >= 4 is 33.5 Å². The van der Waals surface area contributed by atoms with Gasteiger partial charge in [-0.1, -0.05) is 15.9 Å². The highest BCUT2D eigenvalue weighted by molar-refractivity contribution is 9.10. The van der Waals surface area contributed by atoms with E-state index in [1.165, 1.54) is 0 Å². The van der Waals surface area contributed by atoms with E-state index in [0.717, 1.165) is 4.47 Å². The molecule has 0 unspecified atom stereocenters. The average Bonchev–Trinajstić information content (AvgIpc) is 2.80. The maximum absolute atomic E-state index is 13.4. The monoisotopic (exact) mass is 340 g/mol. The number of halogens is 2. The van der Waals surface area contributed by atoms with Crippen LogP contribution in [0, 0.1) is 5.95 Å². The van der Waals surface area contributed by atoms with Crippen LogP contribution in [0.2, 0.25) is 0 Å². The molecule has 20 heavy (non-hydrogen) atoms. The summed E-state index contributed by atoms with van der Waals surface area (Å²) < 4.78 is 19.0. The van der Waals surface area contributed by atoms with Crippen molar-refractivity contribution in [3.63, 3.8) is 0 Å². The smallest absolute Gasteiger partial charge is 0.361 e. The van der Waals surface area contributed by atoms with Gasteiger partial charge in [-0.15, -0.1) is 10.2 Å². The Morgan fingerprint density at radius 2 is 2.10 bits per heavy atom. The minimum atomic E-state index is -0.895. The number of hydrogen-bond donors (Lipinski definition) is 1. The number of ether oxygens (including phenoxy) is 1. The summed E-state index contributed by atoms with van der Waals surface area (Å²) in [4.78, 5) is 17.3. The molecule has 0 fully saturated rings. The van der Waals surface area contributed by atoms with Gasteiger partial charge < -0.3 is 4.74 Å². The van der Waals surface area contributed by atoms with Crippen LogP contribution in [0.5, 0.6) is 0 Å². The van der Waals surface area contributed by atoms with Gasteiger partial charge in [0.25, 0.3) is 0 Å². The molecule has 2 aromatic rings. The maximum Gasteiger partial charge on any atom is 0.361 e. The fourth-order valence-corrected chi connectivity index (χ4v) is 1.60. The van der Waals surface area contributed by atoms with Gasteiger partial charge in [0, 0.05) is 4.47 Å². The molecular weight excluding hydrogens is 331 g/mol. The molecule has 104 valence electrons. The van der Waals surface area contributed by atoms with Gasteiger partial charge in [-0.3, -0.25) is 4.98 Å². The summed E-state index contributed by atoms with van der Waals surface area (Å²) in [6, 6.07) is 7.03. The van der Waals surface area contributed by atoms with Gasteiger partial charge in [0.15, 0.2) is 0 Å². The number of benzene rings is 1. The molecule has 1 aromatic carbocycles. The van der Waals surface area contributed by atoms with Crippen LogP contribution in [0.3, 0.4) is 0 Å². The average molecular weight is 341 g/mol. The van der Waals surface area contributed by atoms with Crippen LogP contribution in [0.15, 0.2) is 39.0 Å². The summed E-state index contributed by atoms with van der Waals surface area (Å²) in [7, 11) is 0. The van der Waals surface area contributed by atoms with E-state index in [4.69, 9.17) is 0 Å². The fourth-order valence-electron chi connectivity index (χ4n) is 1.34. The summed E-state index contributed by atoms with van der Waals surface area (Å²) >= 11 is 3.29. The van der Waals surface area contributed by atoms with Gasteiger partial charge in [0.1, 0.15) is 0 Å². The molecule has 1 heterocycles. The van der Waals surface area contributed by atoms with Gasteiger partial charge in [-0.05, 0) is 31.2 Å². The predicted molar refractivity (Wildman–Crippen MR) is 72.8 cm³/mol. The number of azo groups is 1. The normalized spacial score (nSPS) is 10.9. The molecule has 0 aliphatic heterocycles. The number of rotatable bonds is 4. The summed E-state index contributed by atoms with van der Waals surface area (Å²) in [5, 5.41) is 7.59. The van der Waals surface area contributed by atoms with E-state index < -0.39 is 17.6 Å². The lowest BCUT2D eigenvalue weighted by Gasteiger charge is -1.95. The SMILES string of the molecule is CCOC(=O)c1nc(N=Nc2ccc(Br)cc2)[nH]c1F. The topological polar surface area (TPSA) is 79.7 Å². The third-order valence-corrected chi connectivity index (χ3v) is 2.73. The van der Waals surface area contributed by atoms with Crippen molar-refractivity contribution in [3.8, 4) is 0 Å². The standard InChI is InChI=1S/C12H10BrFN4O2/c1-2-20-11(19)9-10(14)16-12(15-9)18-17-8-5-3-7(13)4-6-8/h3-6H,2H2,1H3,(H,15,16). The quantitative estimate of drug-likeness (QED) is 0.676. The van der Waals surface area contributed by atoms with Crippen LogP contribution >= 0.6 is 15.9 Å². The Bertz CT molecular complexity index is 639. The highest BCUT2D eigenvalue weighted by Crippen LogP contribution is 2.19. The van der Waals surface area contributed by atoms with Gasteiger partial charge in [-0.25, -0.2) is 4.79 Å². The van der Waals surface area contributed by atoms with Gasteiger partial charge in [0.2, 0.25) is 17.6 Å². The first kappa shape index (κ1) is 14.3. The fraction of sp³-hybridized carbons (Fsp3) is 0.167. The molecule has 8 heteroatoms. The summed E-state index contributed by atoms with van der Waals surface area (Å²) in [5.74, 6) is -1.84. The highest BCUT2D eigenvalue weighted by Gasteiger charge is 2.18. The lowest BCUT2D eigenvalue weighted by atomic mass is 10.3. The van der Waals surface area contributed by atoms with E-state index in [1.54, 1.807) is 31.2 Å². The molecule has 0 bridgehead atoms. The molecule has 0 atom stereocenters. The Hall–Kier alpha value is -2.09. The molecule has 0 saturated carbocycles. The van der Waals surface area contributed by atoms with E-state index in [1.807, 2.05) is 0 Å². The molecule has 0 saturated heterocycles. The predicted octanol–water partition coefficient (Wildman–Crippen LogP) is 3.90. The molecule has 2 rings (SSSR count). The number of aromatic amines is 1. The molecule has 0 aliphatic carbocycles. The summed E-state index contributed by atoms with van der Waals surface area (Å²) in [6.45, 7) is 1.76. The molecular formula is C12H10BrFN4O2. The second-order valence-electron chi connectivity index (χ2n) is 3.62. The van der Waals surface area contributed by atoms with Gasteiger partial charge in [0.05, 0.1) is 12.3 Å². The number of aromatic nitrogens is 2. The minimum Gasteiger partial charge on any atom is -0.461 e. The first-order valence-corrected chi connectivity index (χ1v) is 6.49.